The summed E-state index contributed by atoms with van der Waals surface area (Å²) in [5.41, 5.74) is 3.60. The lowest BCUT2D eigenvalue weighted by Crippen LogP contribution is -2.22. The van der Waals surface area contributed by atoms with Gasteiger partial charge in [0.1, 0.15) is 11.3 Å². The van der Waals surface area contributed by atoms with Crippen LogP contribution in [0.5, 0.6) is 5.75 Å². The van der Waals surface area contributed by atoms with Crippen LogP contribution in [0.4, 0.5) is 0 Å². The number of hydrogen-bond donors (Lipinski definition) is 1. The summed E-state index contributed by atoms with van der Waals surface area (Å²) in [6, 6.07) is 12.0. The maximum absolute atomic E-state index is 10.7. The van der Waals surface area contributed by atoms with E-state index in [4.69, 9.17) is 4.42 Å². The number of hydrogen-bond acceptors (Lipinski definition) is 3. The highest BCUT2D eigenvalue weighted by Crippen LogP contribution is 2.46. The molecule has 2 aromatic carbocycles. The van der Waals surface area contributed by atoms with Crippen LogP contribution >= 0.6 is 31.9 Å². The van der Waals surface area contributed by atoms with E-state index in [0.29, 0.717) is 15.7 Å². The molecule has 3 nitrogen and oxygen atoms in total. The Hall–Kier alpha value is -1.30. The minimum absolute atomic E-state index is 0.278. The van der Waals surface area contributed by atoms with Gasteiger partial charge in [-0.25, -0.2) is 0 Å². The average Bonchev–Trinajstić information content (AvgIpc) is 2.93. The molecule has 0 aliphatic heterocycles. The van der Waals surface area contributed by atoms with Gasteiger partial charge in [-0.3, -0.25) is 4.90 Å². The Morgan fingerprint density at radius 3 is 2.38 bits per heavy atom. The van der Waals surface area contributed by atoms with E-state index in [1.807, 2.05) is 36.4 Å². The Balaban J connectivity index is 2.18. The Labute approximate surface area is 158 Å². The molecular weight excluding hydrogens is 434 g/mol. The molecule has 0 aliphatic carbocycles. The Bertz CT molecular complexity index is 855. The average molecular weight is 453 g/mol. The van der Waals surface area contributed by atoms with Gasteiger partial charge in [0.25, 0.3) is 0 Å². The predicted octanol–water partition coefficient (Wildman–Crippen LogP) is 6.17. The molecule has 24 heavy (non-hydrogen) atoms. The van der Waals surface area contributed by atoms with Crippen molar-refractivity contribution in [1.82, 2.24) is 4.90 Å². The van der Waals surface area contributed by atoms with E-state index >= 15 is 0 Å². The van der Waals surface area contributed by atoms with Gasteiger partial charge in [0, 0.05) is 23.1 Å². The molecule has 0 atom stereocenters. The molecule has 0 saturated carbocycles. The zero-order chi connectivity index (χ0) is 17.3. The first-order chi connectivity index (χ1) is 11.6. The number of phenols is 1. The summed E-state index contributed by atoms with van der Waals surface area (Å²) in [6.07, 6.45) is 0. The monoisotopic (exact) mass is 451 g/mol. The van der Waals surface area contributed by atoms with Crippen molar-refractivity contribution in [2.75, 3.05) is 13.1 Å². The van der Waals surface area contributed by atoms with E-state index < -0.39 is 0 Å². The lowest BCUT2D eigenvalue weighted by molar-refractivity contribution is 0.290. The molecular formula is C19H19Br2NO2. The molecule has 1 N–H and O–H groups in total. The van der Waals surface area contributed by atoms with Crippen LogP contribution in [0.3, 0.4) is 0 Å². The molecule has 126 valence electrons. The molecule has 0 spiro atoms. The fraction of sp³-hybridized carbons (Fsp3) is 0.263. The normalized spacial score (nSPS) is 11.5. The van der Waals surface area contributed by atoms with Crippen molar-refractivity contribution < 1.29 is 9.52 Å². The van der Waals surface area contributed by atoms with E-state index in [2.05, 4.69) is 50.6 Å². The van der Waals surface area contributed by atoms with Crippen molar-refractivity contribution in [3.8, 4) is 16.9 Å². The highest BCUT2D eigenvalue weighted by molar-refractivity contribution is 9.11. The standard InChI is InChI=1S/C19H19Br2NO2/c1-3-22(4-2)11-13-10-14-16(17(20)18(13)23)15(19(21)24-14)12-8-6-5-7-9-12/h5-10,23H,3-4,11H2,1-2H3. The number of halogens is 2. The van der Waals surface area contributed by atoms with Crippen LogP contribution in [-0.2, 0) is 6.54 Å². The summed E-state index contributed by atoms with van der Waals surface area (Å²) >= 11 is 7.11. The molecule has 5 heteroatoms. The number of furan rings is 1. The van der Waals surface area contributed by atoms with Crippen molar-refractivity contribution in [2.45, 2.75) is 20.4 Å². The fourth-order valence-corrected chi connectivity index (χ4v) is 4.15. The largest absolute Gasteiger partial charge is 0.506 e. The Morgan fingerprint density at radius 2 is 1.75 bits per heavy atom. The quantitative estimate of drug-likeness (QED) is 0.502. The summed E-state index contributed by atoms with van der Waals surface area (Å²) in [7, 11) is 0. The second kappa shape index (κ2) is 7.30. The van der Waals surface area contributed by atoms with E-state index in [-0.39, 0.29) is 5.75 Å². The molecule has 1 aromatic heterocycles. The maximum atomic E-state index is 10.7. The molecule has 3 rings (SSSR count). The van der Waals surface area contributed by atoms with E-state index in [9.17, 15) is 5.11 Å². The minimum Gasteiger partial charge on any atom is -0.506 e. The molecule has 0 saturated heterocycles. The van der Waals surface area contributed by atoms with Gasteiger partial charge in [-0.15, -0.1) is 0 Å². The fourth-order valence-electron chi connectivity index (χ4n) is 2.90. The third kappa shape index (κ3) is 3.13. The van der Waals surface area contributed by atoms with Gasteiger partial charge in [0.05, 0.1) is 4.47 Å². The van der Waals surface area contributed by atoms with Crippen LogP contribution < -0.4 is 0 Å². The third-order valence-electron chi connectivity index (χ3n) is 4.28. The van der Waals surface area contributed by atoms with Crippen molar-refractivity contribution in [3.63, 3.8) is 0 Å². The van der Waals surface area contributed by atoms with Crippen molar-refractivity contribution in [3.05, 3.63) is 51.1 Å². The van der Waals surface area contributed by atoms with Gasteiger partial charge in [0.15, 0.2) is 4.67 Å². The van der Waals surface area contributed by atoms with Crippen molar-refractivity contribution in [2.24, 2.45) is 0 Å². The van der Waals surface area contributed by atoms with Gasteiger partial charge < -0.3 is 9.52 Å². The Morgan fingerprint density at radius 1 is 1.08 bits per heavy atom. The van der Waals surface area contributed by atoms with Gasteiger partial charge >= 0.3 is 0 Å². The number of nitrogens with zero attached hydrogens (tertiary/aromatic N) is 1. The molecule has 0 unspecified atom stereocenters. The van der Waals surface area contributed by atoms with Crippen LogP contribution in [-0.4, -0.2) is 23.1 Å². The number of phenolic OH excluding ortho intramolecular Hbond substituents is 1. The molecule has 0 bridgehead atoms. The number of rotatable bonds is 5. The lowest BCUT2D eigenvalue weighted by atomic mass is 10.0. The number of benzene rings is 2. The van der Waals surface area contributed by atoms with Gasteiger partial charge in [-0.2, -0.15) is 0 Å². The SMILES string of the molecule is CCN(CC)Cc1cc2oc(Br)c(-c3ccccc3)c2c(Br)c1O. The van der Waals surface area contributed by atoms with Crippen LogP contribution in [0.2, 0.25) is 0 Å². The van der Waals surface area contributed by atoms with Gasteiger partial charge in [0.2, 0.25) is 0 Å². The van der Waals surface area contributed by atoms with Crippen molar-refractivity contribution >= 4 is 42.8 Å². The zero-order valence-corrected chi connectivity index (χ0v) is 16.8. The first-order valence-electron chi connectivity index (χ1n) is 7.96. The predicted molar refractivity (Wildman–Crippen MR) is 105 cm³/mol. The van der Waals surface area contributed by atoms with E-state index in [1.165, 1.54) is 0 Å². The van der Waals surface area contributed by atoms with Gasteiger partial charge in [-0.05, 0) is 56.6 Å². The van der Waals surface area contributed by atoms with Crippen LogP contribution in [0.15, 0.2) is 50.0 Å². The molecule has 0 fully saturated rings. The summed E-state index contributed by atoms with van der Waals surface area (Å²) in [6.45, 7) is 6.79. The molecule has 0 amide bonds. The highest BCUT2D eigenvalue weighted by Gasteiger charge is 2.21. The van der Waals surface area contributed by atoms with Crippen LogP contribution in [0.25, 0.3) is 22.1 Å². The lowest BCUT2D eigenvalue weighted by Gasteiger charge is -2.19. The smallest absolute Gasteiger partial charge is 0.178 e. The molecule has 0 aliphatic rings. The van der Waals surface area contributed by atoms with Crippen LogP contribution in [0.1, 0.15) is 19.4 Å². The summed E-state index contributed by atoms with van der Waals surface area (Å²) in [4.78, 5) is 2.25. The summed E-state index contributed by atoms with van der Waals surface area (Å²) in [5, 5.41) is 11.6. The second-order valence-electron chi connectivity index (χ2n) is 5.65. The van der Waals surface area contributed by atoms with E-state index in [1.54, 1.807) is 0 Å². The van der Waals surface area contributed by atoms with E-state index in [0.717, 1.165) is 40.7 Å². The highest BCUT2D eigenvalue weighted by atomic mass is 79.9. The second-order valence-corrected chi connectivity index (χ2v) is 7.16. The van der Waals surface area contributed by atoms with Crippen LogP contribution in [0, 0.1) is 0 Å². The number of fused-ring (bicyclic) bond motifs is 1. The Kier molecular flexibility index (Phi) is 5.33. The first-order valence-corrected chi connectivity index (χ1v) is 9.55. The topological polar surface area (TPSA) is 36.6 Å². The third-order valence-corrected chi connectivity index (χ3v) is 5.61. The maximum Gasteiger partial charge on any atom is 0.178 e. The summed E-state index contributed by atoms with van der Waals surface area (Å²) in [5.74, 6) is 0.278. The first kappa shape index (κ1) is 17.5. The molecule has 0 radical (unpaired) electrons. The zero-order valence-electron chi connectivity index (χ0n) is 13.6. The minimum atomic E-state index is 0.278. The molecule has 1 heterocycles. The van der Waals surface area contributed by atoms with Crippen molar-refractivity contribution in [1.29, 1.82) is 0 Å². The molecule has 3 aromatic rings. The van der Waals surface area contributed by atoms with Gasteiger partial charge in [-0.1, -0.05) is 44.2 Å². The number of aromatic hydroxyl groups is 1. The summed E-state index contributed by atoms with van der Waals surface area (Å²) < 4.78 is 7.28.